The smallest absolute Gasteiger partial charge is 0.407 e. The maximum absolute atomic E-state index is 14.8. The van der Waals surface area contributed by atoms with Crippen molar-refractivity contribution >= 4 is 19.9 Å². The minimum atomic E-state index is -1.32. The van der Waals surface area contributed by atoms with Crippen molar-refractivity contribution in [2.45, 2.75) is 38.3 Å². The first kappa shape index (κ1) is 26.5. The van der Waals surface area contributed by atoms with E-state index in [1.807, 2.05) is 6.07 Å². The summed E-state index contributed by atoms with van der Waals surface area (Å²) in [4.78, 5) is 12.0. The number of anilines is 1. The molecule has 0 aliphatic heterocycles. The quantitative estimate of drug-likeness (QED) is 0.458. The average Bonchev–Trinajstić information content (AvgIpc) is 2.80. The lowest BCUT2D eigenvalue weighted by Gasteiger charge is -2.18. The largest absolute Gasteiger partial charge is 0.497 e. The Balaban J connectivity index is 2.18. The Labute approximate surface area is 200 Å². The fraction of sp³-hybridized carbons (Fsp3) is 0.375. The summed E-state index contributed by atoms with van der Waals surface area (Å²) in [5.41, 5.74) is 1.40. The minimum absolute atomic E-state index is 0.0474. The minimum Gasteiger partial charge on any atom is -0.497 e. The van der Waals surface area contributed by atoms with Crippen LogP contribution in [0.3, 0.4) is 0 Å². The molecule has 10 heteroatoms. The molecule has 0 bridgehead atoms. The molecule has 2 aromatic rings. The van der Waals surface area contributed by atoms with Gasteiger partial charge in [-0.25, -0.2) is 9.18 Å². The van der Waals surface area contributed by atoms with E-state index in [4.69, 9.17) is 14.2 Å². The van der Waals surface area contributed by atoms with Gasteiger partial charge >= 0.3 is 6.09 Å². The van der Waals surface area contributed by atoms with E-state index in [1.165, 1.54) is 26.4 Å². The van der Waals surface area contributed by atoms with Crippen LogP contribution in [0.25, 0.3) is 0 Å². The van der Waals surface area contributed by atoms with Crippen molar-refractivity contribution in [1.82, 2.24) is 5.32 Å². The van der Waals surface area contributed by atoms with Gasteiger partial charge in [0, 0.05) is 31.9 Å². The van der Waals surface area contributed by atoms with Gasteiger partial charge in [-0.15, -0.1) is 0 Å². The lowest BCUT2D eigenvalue weighted by Crippen LogP contribution is -2.28. The van der Waals surface area contributed by atoms with Gasteiger partial charge < -0.3 is 24.8 Å². The Morgan fingerprint density at radius 1 is 1.15 bits per heavy atom. The lowest BCUT2D eigenvalue weighted by molar-refractivity contribution is 0.151. The monoisotopic (exact) mass is 484 g/mol. The molecule has 0 aromatic heterocycles. The highest BCUT2D eigenvalue weighted by Crippen LogP contribution is 2.32. The van der Waals surface area contributed by atoms with Gasteiger partial charge in [-0.05, 0) is 35.9 Å². The molecule has 2 aromatic carbocycles. The van der Waals surface area contributed by atoms with E-state index < -0.39 is 26.0 Å². The van der Waals surface area contributed by atoms with Crippen LogP contribution in [0.1, 0.15) is 22.7 Å². The number of hydrogen-bond donors (Lipinski definition) is 2. The number of carbonyl (C=O) groups is 1. The molecule has 2 rings (SSSR count). The molecule has 0 aliphatic carbocycles. The summed E-state index contributed by atoms with van der Waals surface area (Å²) in [5.74, 6) is -0.389. The number of halogens is 1. The van der Waals surface area contributed by atoms with E-state index in [0.29, 0.717) is 29.2 Å². The number of hydrogen-bond acceptors (Lipinski definition) is 7. The van der Waals surface area contributed by atoms with Crippen LogP contribution in [0.5, 0.6) is 11.5 Å². The van der Waals surface area contributed by atoms with Crippen LogP contribution in [-0.4, -0.2) is 35.0 Å². The molecule has 0 spiro atoms. The van der Waals surface area contributed by atoms with E-state index in [9.17, 15) is 19.7 Å². The zero-order valence-corrected chi connectivity index (χ0v) is 21.0. The number of ether oxygens (including phenoxy) is 3. The first-order chi connectivity index (χ1) is 16.1. The molecule has 1 unspecified atom stereocenters. The van der Waals surface area contributed by atoms with Crippen molar-refractivity contribution in [2.24, 2.45) is 0 Å². The number of amides is 1. The van der Waals surface area contributed by atoms with E-state index in [2.05, 4.69) is 36.3 Å². The highest BCUT2D eigenvalue weighted by atomic mass is 28.3. The summed E-state index contributed by atoms with van der Waals surface area (Å²) in [5, 5.41) is 24.7. The molecule has 1 amide bonds. The average molecular weight is 485 g/mol. The molecule has 34 heavy (non-hydrogen) atoms. The van der Waals surface area contributed by atoms with E-state index in [1.54, 1.807) is 18.2 Å². The standard InChI is InChI=1S/C24H29FN4O4Si/c1-31-19-11-20(23(25)22(12-19)32-2)21(14-27)29-18-7-6-16(13-26)17(10-18)15-28-24(30)33-8-9-34(3,4)5/h6-7,10-12,21,29H,8-9,15H2,1-5H3,(H,28,30). The third-order valence-corrected chi connectivity index (χ3v) is 6.69. The summed E-state index contributed by atoms with van der Waals surface area (Å²) < 4.78 is 30.3. The Bertz CT molecular complexity index is 1110. The van der Waals surface area contributed by atoms with Crippen molar-refractivity contribution in [3.63, 3.8) is 0 Å². The van der Waals surface area contributed by atoms with Crippen LogP contribution < -0.4 is 20.1 Å². The predicted octanol–water partition coefficient (Wildman–Crippen LogP) is 4.96. The highest BCUT2D eigenvalue weighted by molar-refractivity contribution is 6.76. The third kappa shape index (κ3) is 7.39. The van der Waals surface area contributed by atoms with Crippen molar-refractivity contribution in [1.29, 1.82) is 10.5 Å². The number of carbonyl (C=O) groups excluding carboxylic acids is 1. The van der Waals surface area contributed by atoms with E-state index in [0.717, 1.165) is 6.04 Å². The number of nitrogens with zero attached hydrogens (tertiary/aromatic N) is 2. The van der Waals surface area contributed by atoms with Crippen molar-refractivity contribution in [3.05, 3.63) is 52.8 Å². The molecule has 2 N–H and O–H groups in total. The van der Waals surface area contributed by atoms with Gasteiger partial charge in [0.15, 0.2) is 11.6 Å². The maximum Gasteiger partial charge on any atom is 0.407 e. The van der Waals surface area contributed by atoms with E-state index in [-0.39, 0.29) is 17.9 Å². The summed E-state index contributed by atoms with van der Waals surface area (Å²) in [7, 11) is 1.44. The summed E-state index contributed by atoms with van der Waals surface area (Å²) in [6, 6.07) is 11.5. The Morgan fingerprint density at radius 2 is 1.88 bits per heavy atom. The molecule has 1 atom stereocenters. The Kier molecular flexibility index (Phi) is 9.28. The fourth-order valence-electron chi connectivity index (χ4n) is 3.02. The molecule has 0 aliphatic rings. The number of benzene rings is 2. The second kappa shape index (κ2) is 11.9. The molecule has 0 fully saturated rings. The van der Waals surface area contributed by atoms with Crippen LogP contribution in [0.4, 0.5) is 14.9 Å². The van der Waals surface area contributed by atoms with Gasteiger partial charge in [-0.1, -0.05) is 19.6 Å². The van der Waals surface area contributed by atoms with Crippen LogP contribution >= 0.6 is 0 Å². The number of nitriles is 2. The fourth-order valence-corrected chi connectivity index (χ4v) is 3.74. The number of rotatable bonds is 10. The zero-order valence-electron chi connectivity index (χ0n) is 20.0. The second-order valence-corrected chi connectivity index (χ2v) is 14.3. The molecular weight excluding hydrogens is 455 g/mol. The number of nitrogens with one attached hydrogen (secondary N) is 2. The normalized spacial score (nSPS) is 11.5. The Hall–Kier alpha value is -3.76. The first-order valence-corrected chi connectivity index (χ1v) is 14.3. The number of alkyl carbamates (subject to hydrolysis) is 1. The van der Waals surface area contributed by atoms with Crippen LogP contribution in [-0.2, 0) is 11.3 Å². The van der Waals surface area contributed by atoms with Crippen LogP contribution in [0.2, 0.25) is 25.7 Å². The van der Waals surface area contributed by atoms with Crippen molar-refractivity contribution in [2.75, 3.05) is 26.1 Å². The molecule has 0 saturated heterocycles. The van der Waals surface area contributed by atoms with Gasteiger partial charge in [-0.2, -0.15) is 10.5 Å². The van der Waals surface area contributed by atoms with Gasteiger partial charge in [0.2, 0.25) is 0 Å². The summed E-state index contributed by atoms with van der Waals surface area (Å²) >= 11 is 0. The maximum atomic E-state index is 14.8. The van der Waals surface area contributed by atoms with Gasteiger partial charge in [-0.3, -0.25) is 0 Å². The SMILES string of the molecule is COc1cc(OC)c(F)c(C(C#N)Nc2ccc(C#N)c(CNC(=O)OCC[Si](C)(C)C)c2)c1. The lowest BCUT2D eigenvalue weighted by atomic mass is 10.0. The van der Waals surface area contributed by atoms with Crippen LogP contribution in [0, 0.1) is 28.5 Å². The predicted molar refractivity (Wildman–Crippen MR) is 129 cm³/mol. The molecular formula is C24H29FN4O4Si. The highest BCUT2D eigenvalue weighted by Gasteiger charge is 2.21. The van der Waals surface area contributed by atoms with Crippen molar-refractivity contribution < 1.29 is 23.4 Å². The Morgan fingerprint density at radius 3 is 2.47 bits per heavy atom. The number of methoxy groups -OCH3 is 2. The van der Waals surface area contributed by atoms with Gasteiger partial charge in [0.05, 0.1) is 38.5 Å². The topological polar surface area (TPSA) is 116 Å². The van der Waals surface area contributed by atoms with Gasteiger partial charge in [0.1, 0.15) is 11.8 Å². The molecule has 180 valence electrons. The van der Waals surface area contributed by atoms with Crippen LogP contribution in [0.15, 0.2) is 30.3 Å². The molecule has 0 radical (unpaired) electrons. The molecule has 0 heterocycles. The zero-order chi connectivity index (χ0) is 25.3. The molecule has 0 saturated carbocycles. The van der Waals surface area contributed by atoms with E-state index >= 15 is 0 Å². The summed E-state index contributed by atoms with van der Waals surface area (Å²) in [6.07, 6.45) is -0.569. The first-order valence-electron chi connectivity index (χ1n) is 10.6. The van der Waals surface area contributed by atoms with Crippen molar-refractivity contribution in [3.8, 4) is 23.6 Å². The summed E-state index contributed by atoms with van der Waals surface area (Å²) in [6.45, 7) is 6.96. The second-order valence-electron chi connectivity index (χ2n) is 8.72. The molecule has 8 nitrogen and oxygen atoms in total. The van der Waals surface area contributed by atoms with Gasteiger partial charge in [0.25, 0.3) is 0 Å². The third-order valence-electron chi connectivity index (χ3n) is 4.98.